The van der Waals surface area contributed by atoms with Gasteiger partial charge >= 0.3 is 0 Å². The zero-order chi connectivity index (χ0) is 26.5. The highest BCUT2D eigenvalue weighted by atomic mass is 28.4. The lowest BCUT2D eigenvalue weighted by Crippen LogP contribution is -2.60. The molecule has 1 aromatic carbocycles. The van der Waals surface area contributed by atoms with Gasteiger partial charge in [-0.15, -0.1) is 0 Å². The molecular formula is C30H52O5Si. The molecule has 2 aliphatic heterocycles. The minimum atomic E-state index is -1.78. The summed E-state index contributed by atoms with van der Waals surface area (Å²) in [5.41, 5.74) is 0.260. The van der Waals surface area contributed by atoms with E-state index in [2.05, 4.69) is 59.8 Å². The summed E-state index contributed by atoms with van der Waals surface area (Å²) in [4.78, 5) is 0. The van der Waals surface area contributed by atoms with E-state index in [1.165, 1.54) is 0 Å². The van der Waals surface area contributed by atoms with Crippen molar-refractivity contribution >= 4 is 8.32 Å². The number of hydrogen-bond donors (Lipinski definition) is 1. The first-order valence-electron chi connectivity index (χ1n) is 14.2. The lowest BCUT2D eigenvalue weighted by molar-refractivity contribution is -0.358. The predicted molar refractivity (Wildman–Crippen MR) is 148 cm³/mol. The Morgan fingerprint density at radius 1 is 1.08 bits per heavy atom. The molecule has 36 heavy (non-hydrogen) atoms. The molecular weight excluding hydrogens is 468 g/mol. The molecule has 206 valence electrons. The number of aliphatic hydroxyl groups is 1. The molecule has 0 bridgehead atoms. The third-order valence-corrected chi connectivity index (χ3v) is 13.4. The van der Waals surface area contributed by atoms with Gasteiger partial charge in [0.05, 0.1) is 24.9 Å². The average molecular weight is 521 g/mol. The Morgan fingerprint density at radius 2 is 1.81 bits per heavy atom. The molecule has 5 nitrogen and oxygen atoms in total. The van der Waals surface area contributed by atoms with Gasteiger partial charge in [-0.3, -0.25) is 0 Å². The van der Waals surface area contributed by atoms with Crippen molar-refractivity contribution in [3.05, 3.63) is 35.9 Å². The summed E-state index contributed by atoms with van der Waals surface area (Å²) >= 11 is 0. The van der Waals surface area contributed by atoms with Crippen LogP contribution in [0.3, 0.4) is 0 Å². The SMILES string of the molecule is CCCC[C@@]1(O)CC[C@]2(CCC(C)[C@@H](CCO[Si](C)(C)C(C)(C)C)O2)O[C@H]1COCc1ccccc1. The van der Waals surface area contributed by atoms with E-state index in [9.17, 15) is 5.11 Å². The monoisotopic (exact) mass is 520 g/mol. The number of hydrogen-bond acceptors (Lipinski definition) is 5. The highest BCUT2D eigenvalue weighted by molar-refractivity contribution is 6.74. The molecule has 1 aromatic rings. The lowest BCUT2D eigenvalue weighted by atomic mass is 9.79. The van der Waals surface area contributed by atoms with Gasteiger partial charge in [-0.1, -0.05) is 77.8 Å². The van der Waals surface area contributed by atoms with Crippen LogP contribution < -0.4 is 0 Å². The van der Waals surface area contributed by atoms with E-state index in [1.807, 2.05) is 18.2 Å². The molecule has 0 aliphatic carbocycles. The number of ether oxygens (including phenoxy) is 3. The van der Waals surface area contributed by atoms with Crippen molar-refractivity contribution in [1.29, 1.82) is 0 Å². The Balaban J connectivity index is 1.64. The second kappa shape index (κ2) is 12.4. The molecule has 0 radical (unpaired) electrons. The third-order valence-electron chi connectivity index (χ3n) is 8.89. The summed E-state index contributed by atoms with van der Waals surface area (Å²) in [5, 5.41) is 11.8. The molecule has 2 saturated heterocycles. The smallest absolute Gasteiger partial charge is 0.191 e. The fourth-order valence-corrected chi connectivity index (χ4v) is 6.22. The fourth-order valence-electron chi connectivity index (χ4n) is 5.16. The molecule has 0 saturated carbocycles. The average Bonchev–Trinajstić information content (AvgIpc) is 2.82. The van der Waals surface area contributed by atoms with Crippen LogP contribution in [0.4, 0.5) is 0 Å². The van der Waals surface area contributed by atoms with E-state index >= 15 is 0 Å². The van der Waals surface area contributed by atoms with Crippen molar-refractivity contribution in [2.24, 2.45) is 5.92 Å². The van der Waals surface area contributed by atoms with Crippen LogP contribution in [0, 0.1) is 5.92 Å². The Bertz CT molecular complexity index is 794. The second-order valence-electron chi connectivity index (χ2n) is 12.8. The van der Waals surface area contributed by atoms with Crippen LogP contribution in [0.2, 0.25) is 18.1 Å². The molecule has 5 atom stereocenters. The van der Waals surface area contributed by atoms with Gasteiger partial charge in [-0.2, -0.15) is 0 Å². The molecule has 1 N–H and O–H groups in total. The van der Waals surface area contributed by atoms with Crippen molar-refractivity contribution in [3.8, 4) is 0 Å². The Labute approximate surface area is 221 Å². The molecule has 2 aliphatic rings. The van der Waals surface area contributed by atoms with E-state index in [0.29, 0.717) is 25.6 Å². The summed E-state index contributed by atoms with van der Waals surface area (Å²) in [7, 11) is -1.78. The quantitative estimate of drug-likeness (QED) is 0.312. The Hall–Kier alpha value is -0.763. The van der Waals surface area contributed by atoms with Crippen molar-refractivity contribution in [3.63, 3.8) is 0 Å². The maximum absolute atomic E-state index is 11.6. The van der Waals surface area contributed by atoms with Gasteiger partial charge in [0.1, 0.15) is 6.10 Å². The van der Waals surface area contributed by atoms with Gasteiger partial charge in [-0.05, 0) is 55.3 Å². The first-order valence-corrected chi connectivity index (χ1v) is 17.1. The van der Waals surface area contributed by atoms with Gasteiger partial charge in [0.25, 0.3) is 0 Å². The van der Waals surface area contributed by atoms with Gasteiger partial charge < -0.3 is 23.7 Å². The first kappa shape index (κ1) is 29.8. The van der Waals surface area contributed by atoms with Crippen molar-refractivity contribution in [1.82, 2.24) is 0 Å². The number of rotatable bonds is 11. The lowest BCUT2D eigenvalue weighted by Gasteiger charge is -2.52. The maximum atomic E-state index is 11.6. The van der Waals surface area contributed by atoms with Crippen LogP contribution in [0.25, 0.3) is 0 Å². The standard InChI is InChI=1S/C30H52O5Si/c1-8-9-17-29(31)19-20-30(35-27(29)23-32-22-25-13-11-10-12-14-25)18-15-24(2)26(34-30)16-21-33-36(6,7)28(3,4)5/h10-14,24,26-27,31H,8-9,15-23H2,1-7H3/t24?,26-,27+,29-,30+/m1/s1. The van der Waals surface area contributed by atoms with E-state index < -0.39 is 19.7 Å². The van der Waals surface area contributed by atoms with Crippen LogP contribution in [-0.2, 0) is 25.2 Å². The van der Waals surface area contributed by atoms with Crippen LogP contribution in [0.15, 0.2) is 30.3 Å². The molecule has 2 heterocycles. The molecule has 1 unspecified atom stereocenters. The number of benzene rings is 1. The third kappa shape index (κ3) is 7.64. The van der Waals surface area contributed by atoms with Gasteiger partial charge in [0.15, 0.2) is 14.1 Å². The summed E-state index contributed by atoms with van der Waals surface area (Å²) in [5.74, 6) is -0.163. The number of unbranched alkanes of at least 4 members (excludes halogenated alkanes) is 1. The molecule has 2 fully saturated rings. The zero-order valence-corrected chi connectivity index (χ0v) is 25.0. The van der Waals surface area contributed by atoms with Crippen molar-refractivity contribution < 1.29 is 23.7 Å². The van der Waals surface area contributed by atoms with Crippen molar-refractivity contribution in [2.45, 2.75) is 134 Å². The molecule has 3 rings (SSSR count). The van der Waals surface area contributed by atoms with Crippen LogP contribution in [0.5, 0.6) is 0 Å². The molecule has 0 aromatic heterocycles. The Morgan fingerprint density at radius 3 is 2.47 bits per heavy atom. The van der Waals surface area contributed by atoms with E-state index in [1.54, 1.807) is 0 Å². The van der Waals surface area contributed by atoms with Crippen molar-refractivity contribution in [2.75, 3.05) is 13.2 Å². The van der Waals surface area contributed by atoms with E-state index in [-0.39, 0.29) is 17.2 Å². The van der Waals surface area contributed by atoms with Gasteiger partial charge in [0.2, 0.25) is 0 Å². The van der Waals surface area contributed by atoms with E-state index in [4.69, 9.17) is 18.6 Å². The van der Waals surface area contributed by atoms with E-state index in [0.717, 1.165) is 57.1 Å². The van der Waals surface area contributed by atoms with Gasteiger partial charge in [0, 0.05) is 19.4 Å². The summed E-state index contributed by atoms with van der Waals surface area (Å²) in [6, 6.07) is 10.2. The topological polar surface area (TPSA) is 57.2 Å². The van der Waals surface area contributed by atoms with Crippen LogP contribution >= 0.6 is 0 Å². The summed E-state index contributed by atoms with van der Waals surface area (Å²) < 4.78 is 26.1. The molecule has 6 heteroatoms. The maximum Gasteiger partial charge on any atom is 0.191 e. The van der Waals surface area contributed by atoms with Gasteiger partial charge in [-0.25, -0.2) is 0 Å². The fraction of sp³-hybridized carbons (Fsp3) is 0.800. The highest BCUT2D eigenvalue weighted by Crippen LogP contribution is 2.46. The zero-order valence-electron chi connectivity index (χ0n) is 24.0. The summed E-state index contributed by atoms with van der Waals surface area (Å²) in [6.07, 6.45) is 6.72. The largest absolute Gasteiger partial charge is 0.417 e. The second-order valence-corrected chi connectivity index (χ2v) is 17.6. The normalized spacial score (nSPS) is 31.6. The first-order chi connectivity index (χ1) is 16.9. The highest BCUT2D eigenvalue weighted by Gasteiger charge is 2.52. The minimum absolute atomic E-state index is 0.108. The summed E-state index contributed by atoms with van der Waals surface area (Å²) in [6.45, 7) is 17.5. The van der Waals surface area contributed by atoms with Crippen LogP contribution in [0.1, 0.15) is 91.5 Å². The van der Waals surface area contributed by atoms with Crippen LogP contribution in [-0.4, -0.2) is 50.2 Å². The Kier molecular flexibility index (Phi) is 10.3. The minimum Gasteiger partial charge on any atom is -0.417 e. The molecule has 1 spiro atoms. The predicted octanol–water partition coefficient (Wildman–Crippen LogP) is 7.23. The molecule has 0 amide bonds.